The number of hydrogen-bond donors (Lipinski definition) is 1. The molecular formula is C18H22FNO. The number of hydrogen-bond acceptors (Lipinski definition) is 2. The van der Waals surface area contributed by atoms with Crippen LogP contribution in [0.3, 0.4) is 0 Å². The van der Waals surface area contributed by atoms with Gasteiger partial charge in [-0.2, -0.15) is 0 Å². The average Bonchev–Trinajstić information content (AvgIpc) is 2.49. The maximum absolute atomic E-state index is 13.4. The number of benzene rings is 2. The van der Waals surface area contributed by atoms with Crippen molar-refractivity contribution in [3.8, 4) is 5.75 Å². The Balaban J connectivity index is 2.09. The summed E-state index contributed by atoms with van der Waals surface area (Å²) in [5.74, 6) is 0.844. The lowest BCUT2D eigenvalue weighted by molar-refractivity contribution is 0.386. The maximum Gasteiger partial charge on any atom is 0.165 e. The van der Waals surface area contributed by atoms with Gasteiger partial charge in [0, 0.05) is 24.2 Å². The van der Waals surface area contributed by atoms with Crippen LogP contribution < -0.4 is 10.1 Å². The molecular weight excluding hydrogens is 265 g/mol. The van der Waals surface area contributed by atoms with E-state index in [9.17, 15) is 4.39 Å². The summed E-state index contributed by atoms with van der Waals surface area (Å²) < 4.78 is 18.4. The Hall–Kier alpha value is -2.03. The third-order valence-electron chi connectivity index (χ3n) is 3.71. The maximum atomic E-state index is 13.4. The molecule has 0 aliphatic carbocycles. The Morgan fingerprint density at radius 2 is 1.81 bits per heavy atom. The largest absolute Gasteiger partial charge is 0.494 e. The minimum atomic E-state index is -0.341. The predicted octanol–water partition coefficient (Wildman–Crippen LogP) is 4.69. The third-order valence-corrected chi connectivity index (χ3v) is 3.71. The van der Waals surface area contributed by atoms with Gasteiger partial charge in [0.05, 0.1) is 7.11 Å². The predicted molar refractivity (Wildman–Crippen MR) is 85.5 cm³/mol. The summed E-state index contributed by atoms with van der Waals surface area (Å²) in [6.45, 7) is 5.23. The summed E-state index contributed by atoms with van der Waals surface area (Å²) in [4.78, 5) is 0. The van der Waals surface area contributed by atoms with Crippen LogP contribution in [-0.4, -0.2) is 13.7 Å². The van der Waals surface area contributed by atoms with Gasteiger partial charge in [-0.05, 0) is 23.6 Å². The topological polar surface area (TPSA) is 21.3 Å². The summed E-state index contributed by atoms with van der Waals surface area (Å²) in [5, 5.41) is 3.38. The highest BCUT2D eigenvalue weighted by molar-refractivity contribution is 5.49. The lowest BCUT2D eigenvalue weighted by atomic mass is 9.88. The highest BCUT2D eigenvalue weighted by Gasteiger charge is 2.15. The van der Waals surface area contributed by atoms with Crippen molar-refractivity contribution < 1.29 is 9.13 Å². The second kappa shape index (κ2) is 7.11. The number of nitrogens with one attached hydrogen (secondary N) is 1. The fraction of sp³-hybridized carbons (Fsp3) is 0.333. The second-order valence-corrected chi connectivity index (χ2v) is 5.49. The fourth-order valence-corrected chi connectivity index (χ4v) is 2.44. The van der Waals surface area contributed by atoms with Gasteiger partial charge >= 0.3 is 0 Å². The van der Waals surface area contributed by atoms with E-state index < -0.39 is 0 Å². The summed E-state index contributed by atoms with van der Waals surface area (Å²) in [5.41, 5.74) is 2.18. The highest BCUT2D eigenvalue weighted by atomic mass is 19.1. The molecule has 2 aromatic carbocycles. The zero-order chi connectivity index (χ0) is 15.2. The molecule has 1 unspecified atom stereocenters. The molecule has 2 aromatic rings. The van der Waals surface area contributed by atoms with E-state index in [-0.39, 0.29) is 11.6 Å². The zero-order valence-electron chi connectivity index (χ0n) is 12.8. The van der Waals surface area contributed by atoms with E-state index in [1.54, 1.807) is 12.1 Å². The van der Waals surface area contributed by atoms with Crippen LogP contribution in [0.15, 0.2) is 48.5 Å². The molecule has 2 rings (SSSR count). The molecule has 1 N–H and O–H groups in total. The van der Waals surface area contributed by atoms with E-state index >= 15 is 0 Å². The first-order valence-corrected chi connectivity index (χ1v) is 7.24. The fourth-order valence-electron chi connectivity index (χ4n) is 2.44. The molecule has 1 atom stereocenters. The van der Waals surface area contributed by atoms with Crippen LogP contribution in [-0.2, 0) is 0 Å². The van der Waals surface area contributed by atoms with Crippen molar-refractivity contribution in [1.82, 2.24) is 0 Å². The first-order valence-electron chi connectivity index (χ1n) is 7.24. The van der Waals surface area contributed by atoms with E-state index in [1.807, 2.05) is 6.07 Å². The first-order chi connectivity index (χ1) is 10.1. The van der Waals surface area contributed by atoms with Gasteiger partial charge in [0.25, 0.3) is 0 Å². The minimum absolute atomic E-state index is 0.265. The lowest BCUT2D eigenvalue weighted by Crippen LogP contribution is -2.17. The number of halogens is 1. The van der Waals surface area contributed by atoms with E-state index in [0.29, 0.717) is 11.8 Å². The molecule has 3 heteroatoms. The highest BCUT2D eigenvalue weighted by Crippen LogP contribution is 2.26. The molecule has 0 saturated heterocycles. The normalized spacial score (nSPS) is 12.2. The zero-order valence-corrected chi connectivity index (χ0v) is 12.8. The number of rotatable bonds is 6. The Kier molecular flexibility index (Phi) is 5.20. The van der Waals surface area contributed by atoms with Crippen LogP contribution in [0.1, 0.15) is 25.3 Å². The van der Waals surface area contributed by atoms with Crippen molar-refractivity contribution in [1.29, 1.82) is 0 Å². The summed E-state index contributed by atoms with van der Waals surface area (Å²) >= 11 is 0. The van der Waals surface area contributed by atoms with Crippen LogP contribution in [0.4, 0.5) is 10.1 Å². The van der Waals surface area contributed by atoms with E-state index in [0.717, 1.165) is 12.2 Å². The molecule has 21 heavy (non-hydrogen) atoms. The third kappa shape index (κ3) is 3.97. The van der Waals surface area contributed by atoms with Gasteiger partial charge in [0.15, 0.2) is 11.6 Å². The molecule has 2 nitrogen and oxygen atoms in total. The minimum Gasteiger partial charge on any atom is -0.494 e. The van der Waals surface area contributed by atoms with Crippen molar-refractivity contribution in [2.45, 2.75) is 19.8 Å². The van der Waals surface area contributed by atoms with Crippen molar-refractivity contribution in [3.05, 3.63) is 59.9 Å². The van der Waals surface area contributed by atoms with Crippen LogP contribution in [0.2, 0.25) is 0 Å². The summed E-state index contributed by atoms with van der Waals surface area (Å²) in [6.07, 6.45) is 0. The number of methoxy groups -OCH3 is 1. The van der Waals surface area contributed by atoms with E-state index in [1.165, 1.54) is 18.7 Å². The summed E-state index contributed by atoms with van der Waals surface area (Å²) in [6, 6.07) is 15.3. The molecule has 0 aliphatic rings. The van der Waals surface area contributed by atoms with Crippen molar-refractivity contribution >= 4 is 5.69 Å². The smallest absolute Gasteiger partial charge is 0.165 e. The molecule has 0 saturated carbocycles. The molecule has 0 aliphatic heterocycles. The van der Waals surface area contributed by atoms with E-state index in [4.69, 9.17) is 4.74 Å². The molecule has 0 radical (unpaired) electrons. The van der Waals surface area contributed by atoms with Crippen LogP contribution in [0, 0.1) is 11.7 Å². The SMILES string of the molecule is COc1cc(NCC(c2ccccc2)C(C)C)ccc1F. The number of ether oxygens (including phenoxy) is 1. The summed E-state index contributed by atoms with van der Waals surface area (Å²) in [7, 11) is 1.48. The van der Waals surface area contributed by atoms with Crippen LogP contribution in [0.25, 0.3) is 0 Å². The molecule has 0 amide bonds. The van der Waals surface area contributed by atoms with Gasteiger partial charge in [-0.25, -0.2) is 4.39 Å². The molecule has 0 heterocycles. The number of anilines is 1. The van der Waals surface area contributed by atoms with E-state index in [2.05, 4.69) is 43.4 Å². The molecule has 0 bridgehead atoms. The van der Waals surface area contributed by atoms with Gasteiger partial charge in [-0.15, -0.1) is 0 Å². The van der Waals surface area contributed by atoms with Gasteiger partial charge in [-0.3, -0.25) is 0 Å². The quantitative estimate of drug-likeness (QED) is 0.832. The van der Waals surface area contributed by atoms with Crippen LogP contribution in [0.5, 0.6) is 5.75 Å². The Morgan fingerprint density at radius 1 is 1.10 bits per heavy atom. The lowest BCUT2D eigenvalue weighted by Gasteiger charge is -2.22. The van der Waals surface area contributed by atoms with Crippen molar-refractivity contribution in [2.24, 2.45) is 5.92 Å². The molecule has 112 valence electrons. The van der Waals surface area contributed by atoms with Crippen molar-refractivity contribution in [3.63, 3.8) is 0 Å². The standard InChI is InChI=1S/C18H22FNO/c1-13(2)16(14-7-5-4-6-8-14)12-20-15-9-10-17(19)18(11-15)21-3/h4-11,13,16,20H,12H2,1-3H3. The molecule has 0 spiro atoms. The molecule has 0 fully saturated rings. The van der Waals surface area contributed by atoms with Gasteiger partial charge in [-0.1, -0.05) is 44.2 Å². The Bertz CT molecular complexity index is 569. The average molecular weight is 287 g/mol. The van der Waals surface area contributed by atoms with Crippen LogP contribution >= 0.6 is 0 Å². The Morgan fingerprint density at radius 3 is 2.43 bits per heavy atom. The monoisotopic (exact) mass is 287 g/mol. The van der Waals surface area contributed by atoms with Gasteiger partial charge in [0.2, 0.25) is 0 Å². The van der Waals surface area contributed by atoms with Crippen molar-refractivity contribution in [2.75, 3.05) is 19.0 Å². The first kappa shape index (κ1) is 15.4. The van der Waals surface area contributed by atoms with Gasteiger partial charge in [0.1, 0.15) is 0 Å². The second-order valence-electron chi connectivity index (χ2n) is 5.49. The molecule has 0 aromatic heterocycles. The Labute approximate surface area is 126 Å². The van der Waals surface area contributed by atoms with Gasteiger partial charge < -0.3 is 10.1 Å².